The second kappa shape index (κ2) is 9.64. The number of likely N-dealkylation sites (tertiary alicyclic amines) is 1. The summed E-state index contributed by atoms with van der Waals surface area (Å²) in [6.07, 6.45) is 0.593. The predicted octanol–water partition coefficient (Wildman–Crippen LogP) is 2.06. The van der Waals surface area contributed by atoms with E-state index in [-0.39, 0.29) is 6.10 Å². The quantitative estimate of drug-likeness (QED) is 0.593. The van der Waals surface area contributed by atoms with Crippen LogP contribution in [0.2, 0.25) is 0 Å². The van der Waals surface area contributed by atoms with E-state index < -0.39 is 0 Å². The number of aliphatic hydroxyl groups excluding tert-OH is 1. The third kappa shape index (κ3) is 5.49. The van der Waals surface area contributed by atoms with Gasteiger partial charge in [-0.05, 0) is 37.6 Å². The van der Waals surface area contributed by atoms with E-state index in [4.69, 9.17) is 4.99 Å². The van der Waals surface area contributed by atoms with E-state index in [1.807, 2.05) is 0 Å². The fourth-order valence-electron chi connectivity index (χ4n) is 3.06. The molecule has 0 aliphatic carbocycles. The van der Waals surface area contributed by atoms with Gasteiger partial charge in [-0.2, -0.15) is 0 Å². The molecule has 24 heavy (non-hydrogen) atoms. The minimum Gasteiger partial charge on any atom is -0.391 e. The summed E-state index contributed by atoms with van der Waals surface area (Å²) in [5.74, 6) is 0.906. The van der Waals surface area contributed by atoms with Gasteiger partial charge in [0.1, 0.15) is 0 Å². The van der Waals surface area contributed by atoms with Crippen molar-refractivity contribution in [3.8, 4) is 0 Å². The lowest BCUT2D eigenvalue weighted by atomic mass is 10.1. The molecule has 0 unspecified atom stereocenters. The molecule has 2 N–H and O–H groups in total. The van der Waals surface area contributed by atoms with E-state index in [1.54, 1.807) is 0 Å². The van der Waals surface area contributed by atoms with Gasteiger partial charge in [0.15, 0.2) is 5.96 Å². The number of rotatable bonds is 7. The lowest BCUT2D eigenvalue weighted by Gasteiger charge is -2.21. The summed E-state index contributed by atoms with van der Waals surface area (Å²) in [6.45, 7) is 12.7. The second-order valence-electron chi connectivity index (χ2n) is 6.34. The van der Waals surface area contributed by atoms with Gasteiger partial charge in [-0.25, -0.2) is 4.99 Å². The Labute approximate surface area is 146 Å². The van der Waals surface area contributed by atoms with Crippen molar-refractivity contribution >= 4 is 5.96 Å². The number of aliphatic imine (C=N–C) groups is 1. The molecule has 5 nitrogen and oxygen atoms in total. The van der Waals surface area contributed by atoms with Gasteiger partial charge in [-0.3, -0.25) is 4.90 Å². The molecule has 1 aromatic carbocycles. The van der Waals surface area contributed by atoms with Crippen molar-refractivity contribution in [3.05, 3.63) is 35.4 Å². The molecule has 0 saturated carbocycles. The zero-order chi connectivity index (χ0) is 17.4. The summed E-state index contributed by atoms with van der Waals surface area (Å²) in [5.41, 5.74) is 2.57. The first-order valence-electron chi connectivity index (χ1n) is 9.17. The SMILES string of the molecule is CCNC(=NCc1cccc(CN(CC)CC)c1)N1CC[C@@H](O)C1. The monoisotopic (exact) mass is 332 g/mol. The van der Waals surface area contributed by atoms with Gasteiger partial charge in [-0.15, -0.1) is 0 Å². The Morgan fingerprint density at radius 3 is 2.67 bits per heavy atom. The molecule has 0 bridgehead atoms. The number of guanidine groups is 1. The highest BCUT2D eigenvalue weighted by atomic mass is 16.3. The lowest BCUT2D eigenvalue weighted by molar-refractivity contribution is 0.188. The van der Waals surface area contributed by atoms with Crippen LogP contribution in [0.1, 0.15) is 38.3 Å². The lowest BCUT2D eigenvalue weighted by Crippen LogP contribution is -2.40. The largest absolute Gasteiger partial charge is 0.391 e. The van der Waals surface area contributed by atoms with Gasteiger partial charge >= 0.3 is 0 Å². The topological polar surface area (TPSA) is 51.1 Å². The van der Waals surface area contributed by atoms with Gasteiger partial charge in [0.2, 0.25) is 0 Å². The van der Waals surface area contributed by atoms with Crippen LogP contribution >= 0.6 is 0 Å². The summed E-state index contributed by atoms with van der Waals surface area (Å²) in [5, 5.41) is 13.1. The highest BCUT2D eigenvalue weighted by molar-refractivity contribution is 5.80. The van der Waals surface area contributed by atoms with Crippen LogP contribution in [0.15, 0.2) is 29.3 Å². The van der Waals surface area contributed by atoms with E-state index in [0.29, 0.717) is 13.1 Å². The highest BCUT2D eigenvalue weighted by Gasteiger charge is 2.22. The van der Waals surface area contributed by atoms with Crippen LogP contribution in [0.4, 0.5) is 0 Å². The first kappa shape index (κ1) is 18.7. The zero-order valence-corrected chi connectivity index (χ0v) is 15.3. The third-order valence-corrected chi connectivity index (χ3v) is 4.50. The molecule has 0 aromatic heterocycles. The zero-order valence-electron chi connectivity index (χ0n) is 15.3. The molecule has 0 spiro atoms. The van der Waals surface area contributed by atoms with Crippen molar-refractivity contribution in [2.45, 2.75) is 46.4 Å². The maximum absolute atomic E-state index is 9.74. The minimum atomic E-state index is -0.230. The molecule has 1 heterocycles. The summed E-state index contributed by atoms with van der Waals surface area (Å²) in [7, 11) is 0. The van der Waals surface area contributed by atoms with Crippen LogP contribution < -0.4 is 5.32 Å². The second-order valence-corrected chi connectivity index (χ2v) is 6.34. The van der Waals surface area contributed by atoms with Crippen molar-refractivity contribution in [2.75, 3.05) is 32.7 Å². The van der Waals surface area contributed by atoms with Crippen LogP contribution in [0.25, 0.3) is 0 Å². The van der Waals surface area contributed by atoms with E-state index in [2.05, 4.69) is 60.2 Å². The summed E-state index contributed by atoms with van der Waals surface area (Å²) in [6, 6.07) is 8.70. The number of nitrogens with one attached hydrogen (secondary N) is 1. The fourth-order valence-corrected chi connectivity index (χ4v) is 3.06. The van der Waals surface area contributed by atoms with Crippen molar-refractivity contribution < 1.29 is 5.11 Å². The molecular formula is C19H32N4O. The van der Waals surface area contributed by atoms with Crippen LogP contribution in [0.5, 0.6) is 0 Å². The number of nitrogens with zero attached hydrogens (tertiary/aromatic N) is 3. The number of hydrogen-bond donors (Lipinski definition) is 2. The number of benzene rings is 1. The average molecular weight is 332 g/mol. The standard InChI is InChI=1S/C19H32N4O/c1-4-20-19(23-11-10-18(24)15-23)21-13-16-8-7-9-17(12-16)14-22(5-2)6-3/h7-9,12,18,24H,4-6,10-11,13-15H2,1-3H3,(H,20,21)/t18-/m1/s1. The molecule has 0 radical (unpaired) electrons. The number of β-amino-alcohol motifs (C(OH)–C–C–N with tert-alkyl or cyclic N) is 1. The van der Waals surface area contributed by atoms with E-state index >= 15 is 0 Å². The smallest absolute Gasteiger partial charge is 0.194 e. The van der Waals surface area contributed by atoms with Gasteiger partial charge in [0.25, 0.3) is 0 Å². The Hall–Kier alpha value is -1.59. The Morgan fingerprint density at radius 1 is 1.29 bits per heavy atom. The predicted molar refractivity (Wildman–Crippen MR) is 100 cm³/mol. The first-order chi connectivity index (χ1) is 11.7. The fraction of sp³-hybridized carbons (Fsp3) is 0.632. The first-order valence-corrected chi connectivity index (χ1v) is 9.17. The van der Waals surface area contributed by atoms with E-state index in [9.17, 15) is 5.11 Å². The summed E-state index contributed by atoms with van der Waals surface area (Å²) < 4.78 is 0. The van der Waals surface area contributed by atoms with E-state index in [0.717, 1.165) is 45.1 Å². The van der Waals surface area contributed by atoms with Crippen molar-refractivity contribution in [3.63, 3.8) is 0 Å². The molecule has 0 amide bonds. The molecule has 1 fully saturated rings. The molecule has 134 valence electrons. The molecular weight excluding hydrogens is 300 g/mol. The van der Waals surface area contributed by atoms with Gasteiger partial charge in [0, 0.05) is 26.2 Å². The highest BCUT2D eigenvalue weighted by Crippen LogP contribution is 2.12. The molecule has 1 aromatic rings. The van der Waals surface area contributed by atoms with Crippen LogP contribution in [-0.2, 0) is 13.1 Å². The van der Waals surface area contributed by atoms with Crippen LogP contribution in [0, 0.1) is 0 Å². The Kier molecular flexibility index (Phi) is 7.53. The normalized spacial score (nSPS) is 18.5. The summed E-state index contributed by atoms with van der Waals surface area (Å²) in [4.78, 5) is 9.33. The Morgan fingerprint density at radius 2 is 2.04 bits per heavy atom. The molecule has 1 aliphatic rings. The van der Waals surface area contributed by atoms with Gasteiger partial charge in [0.05, 0.1) is 12.6 Å². The van der Waals surface area contributed by atoms with Gasteiger partial charge in [-0.1, -0.05) is 38.1 Å². The van der Waals surface area contributed by atoms with Crippen molar-refractivity contribution in [1.29, 1.82) is 0 Å². The Bertz CT molecular complexity index is 528. The van der Waals surface area contributed by atoms with E-state index in [1.165, 1.54) is 11.1 Å². The van der Waals surface area contributed by atoms with Crippen LogP contribution in [0.3, 0.4) is 0 Å². The maximum Gasteiger partial charge on any atom is 0.194 e. The van der Waals surface area contributed by atoms with Crippen molar-refractivity contribution in [2.24, 2.45) is 4.99 Å². The Balaban J connectivity index is 2.02. The number of hydrogen-bond acceptors (Lipinski definition) is 3. The van der Waals surface area contributed by atoms with Crippen LogP contribution in [-0.4, -0.2) is 59.7 Å². The molecule has 1 saturated heterocycles. The molecule has 2 rings (SSSR count). The molecule has 1 atom stereocenters. The molecule has 5 heteroatoms. The van der Waals surface area contributed by atoms with Gasteiger partial charge < -0.3 is 15.3 Å². The summed E-state index contributed by atoms with van der Waals surface area (Å²) >= 11 is 0. The average Bonchev–Trinajstić information content (AvgIpc) is 3.03. The molecule has 1 aliphatic heterocycles. The minimum absolute atomic E-state index is 0.230. The van der Waals surface area contributed by atoms with Crippen molar-refractivity contribution in [1.82, 2.24) is 15.1 Å². The number of aliphatic hydroxyl groups is 1. The maximum atomic E-state index is 9.74. The third-order valence-electron chi connectivity index (χ3n) is 4.50.